The van der Waals surface area contributed by atoms with Crippen molar-refractivity contribution < 1.29 is 0 Å². The Balaban J connectivity index is 2.74. The predicted octanol–water partition coefficient (Wildman–Crippen LogP) is 2.26. The maximum atomic E-state index is 5.48. The minimum Gasteiger partial charge on any atom is -0.277 e. The molecular formula is C8H11NS2. The lowest BCUT2D eigenvalue weighted by Crippen LogP contribution is -1.98. The minimum absolute atomic E-state index is 0.319. The largest absolute Gasteiger partial charge is 0.277 e. The van der Waals surface area contributed by atoms with Gasteiger partial charge in [-0.15, -0.1) is 0 Å². The van der Waals surface area contributed by atoms with Crippen molar-refractivity contribution in [1.82, 2.24) is 0 Å². The van der Waals surface area contributed by atoms with Gasteiger partial charge in [-0.2, -0.15) is 12.6 Å². The number of thiol groups is 1. The maximum Gasteiger partial charge on any atom is 0.0528 e. The van der Waals surface area contributed by atoms with Crippen molar-refractivity contribution >= 4 is 24.6 Å². The number of nitrogens with two attached hydrogens (primary N) is 1. The van der Waals surface area contributed by atoms with Gasteiger partial charge in [0.25, 0.3) is 0 Å². The van der Waals surface area contributed by atoms with Gasteiger partial charge in [-0.05, 0) is 5.56 Å². The molecule has 0 heterocycles. The number of hydrogen-bond donors (Lipinski definition) is 2. The highest BCUT2D eigenvalue weighted by Gasteiger charge is 2.06. The lowest BCUT2D eigenvalue weighted by Gasteiger charge is -2.09. The molecule has 1 rings (SSSR count). The summed E-state index contributed by atoms with van der Waals surface area (Å²) in [5.74, 6) is 0.783. The van der Waals surface area contributed by atoms with Crippen molar-refractivity contribution in [3.8, 4) is 0 Å². The molecule has 0 radical (unpaired) electrons. The quantitative estimate of drug-likeness (QED) is 0.558. The second kappa shape index (κ2) is 4.70. The Morgan fingerprint density at radius 1 is 1.36 bits per heavy atom. The third-order valence-electron chi connectivity index (χ3n) is 1.50. The molecule has 60 valence electrons. The smallest absolute Gasteiger partial charge is 0.0528 e. The molecule has 2 N–H and O–H groups in total. The average molecular weight is 185 g/mol. The monoisotopic (exact) mass is 185 g/mol. The van der Waals surface area contributed by atoms with E-state index >= 15 is 0 Å². The Bertz CT molecular complexity index is 197. The van der Waals surface area contributed by atoms with Crippen LogP contribution in [0.2, 0.25) is 0 Å². The Hall–Kier alpha value is -0.120. The van der Waals surface area contributed by atoms with E-state index in [0.29, 0.717) is 5.25 Å². The van der Waals surface area contributed by atoms with Crippen LogP contribution in [0.4, 0.5) is 0 Å². The van der Waals surface area contributed by atoms with Gasteiger partial charge in [-0.3, -0.25) is 5.14 Å². The lowest BCUT2D eigenvalue weighted by molar-refractivity contribution is 1.12. The van der Waals surface area contributed by atoms with Gasteiger partial charge in [0.05, 0.1) is 5.25 Å². The number of benzene rings is 1. The van der Waals surface area contributed by atoms with Crippen LogP contribution in [-0.2, 0) is 0 Å². The Kier molecular flexibility index (Phi) is 3.83. The van der Waals surface area contributed by atoms with Crippen molar-refractivity contribution in [3.05, 3.63) is 35.9 Å². The summed E-state index contributed by atoms with van der Waals surface area (Å²) in [4.78, 5) is 0. The molecule has 0 bridgehead atoms. The molecule has 0 aliphatic heterocycles. The van der Waals surface area contributed by atoms with Crippen LogP contribution in [0.1, 0.15) is 10.8 Å². The summed E-state index contributed by atoms with van der Waals surface area (Å²) in [5.41, 5.74) is 1.25. The van der Waals surface area contributed by atoms with E-state index in [4.69, 9.17) is 5.14 Å². The van der Waals surface area contributed by atoms with Crippen LogP contribution in [0.5, 0.6) is 0 Å². The van der Waals surface area contributed by atoms with E-state index in [2.05, 4.69) is 24.8 Å². The average Bonchev–Trinajstić information content (AvgIpc) is 2.09. The van der Waals surface area contributed by atoms with Crippen molar-refractivity contribution in [2.45, 2.75) is 5.25 Å². The summed E-state index contributed by atoms with van der Waals surface area (Å²) < 4.78 is 0. The molecule has 11 heavy (non-hydrogen) atoms. The molecule has 1 aromatic rings. The Morgan fingerprint density at radius 3 is 2.45 bits per heavy atom. The second-order valence-corrected chi connectivity index (χ2v) is 3.42. The van der Waals surface area contributed by atoms with Gasteiger partial charge in [-0.25, -0.2) is 0 Å². The Labute approximate surface area is 76.9 Å². The van der Waals surface area contributed by atoms with E-state index in [1.54, 1.807) is 0 Å². The molecule has 3 heteroatoms. The summed E-state index contributed by atoms with van der Waals surface area (Å²) in [5, 5.41) is 5.80. The first-order chi connectivity index (χ1) is 5.38. The summed E-state index contributed by atoms with van der Waals surface area (Å²) in [6.45, 7) is 0. The fraction of sp³-hybridized carbons (Fsp3) is 0.250. The molecule has 0 spiro atoms. The SMILES string of the molecule is NSC(CS)c1ccccc1. The molecule has 1 atom stereocenters. The highest BCUT2D eigenvalue weighted by Crippen LogP contribution is 2.24. The molecule has 0 amide bonds. The van der Waals surface area contributed by atoms with Crippen molar-refractivity contribution in [2.24, 2.45) is 5.14 Å². The van der Waals surface area contributed by atoms with Crippen LogP contribution in [0.3, 0.4) is 0 Å². The fourth-order valence-corrected chi connectivity index (χ4v) is 1.76. The van der Waals surface area contributed by atoms with Crippen molar-refractivity contribution in [2.75, 3.05) is 5.75 Å². The van der Waals surface area contributed by atoms with Crippen LogP contribution < -0.4 is 5.14 Å². The van der Waals surface area contributed by atoms with Crippen LogP contribution >= 0.6 is 24.6 Å². The molecular weight excluding hydrogens is 174 g/mol. The van der Waals surface area contributed by atoms with E-state index in [0.717, 1.165) is 5.75 Å². The molecule has 0 saturated carbocycles. The van der Waals surface area contributed by atoms with E-state index in [-0.39, 0.29) is 0 Å². The predicted molar refractivity (Wildman–Crippen MR) is 54.8 cm³/mol. The zero-order chi connectivity index (χ0) is 8.10. The molecule has 0 saturated heterocycles. The fourth-order valence-electron chi connectivity index (χ4n) is 0.895. The summed E-state index contributed by atoms with van der Waals surface area (Å²) >= 11 is 5.55. The topological polar surface area (TPSA) is 26.0 Å². The van der Waals surface area contributed by atoms with E-state index in [9.17, 15) is 0 Å². The third-order valence-corrected chi connectivity index (χ3v) is 2.88. The standard InChI is InChI=1S/C8H11NS2/c9-11-8(6-10)7-4-2-1-3-5-7/h1-5,8,10H,6,9H2. The van der Waals surface area contributed by atoms with Gasteiger partial charge in [0.15, 0.2) is 0 Å². The third kappa shape index (κ3) is 2.43. The zero-order valence-corrected chi connectivity index (χ0v) is 7.81. The highest BCUT2D eigenvalue weighted by molar-refractivity contribution is 7.98. The van der Waals surface area contributed by atoms with E-state index in [1.165, 1.54) is 17.5 Å². The lowest BCUT2D eigenvalue weighted by atomic mass is 10.2. The van der Waals surface area contributed by atoms with Gasteiger partial charge in [-0.1, -0.05) is 42.3 Å². The van der Waals surface area contributed by atoms with Gasteiger partial charge in [0, 0.05) is 5.75 Å². The number of hydrogen-bond acceptors (Lipinski definition) is 3. The molecule has 1 unspecified atom stereocenters. The first kappa shape index (κ1) is 8.97. The van der Waals surface area contributed by atoms with Gasteiger partial charge in [0.2, 0.25) is 0 Å². The highest BCUT2D eigenvalue weighted by atomic mass is 32.2. The van der Waals surface area contributed by atoms with Crippen molar-refractivity contribution in [1.29, 1.82) is 0 Å². The van der Waals surface area contributed by atoms with Crippen LogP contribution in [0, 0.1) is 0 Å². The zero-order valence-electron chi connectivity index (χ0n) is 6.10. The van der Waals surface area contributed by atoms with Gasteiger partial charge >= 0.3 is 0 Å². The van der Waals surface area contributed by atoms with Crippen molar-refractivity contribution in [3.63, 3.8) is 0 Å². The first-order valence-corrected chi connectivity index (χ1v) is 4.97. The molecule has 1 aromatic carbocycles. The molecule has 0 fully saturated rings. The van der Waals surface area contributed by atoms with Crippen LogP contribution in [-0.4, -0.2) is 5.75 Å². The molecule has 0 aliphatic rings. The summed E-state index contributed by atoms with van der Waals surface area (Å²) in [6, 6.07) is 10.2. The van der Waals surface area contributed by atoms with Gasteiger partial charge < -0.3 is 0 Å². The molecule has 1 nitrogen and oxygen atoms in total. The normalized spacial score (nSPS) is 12.9. The summed E-state index contributed by atoms with van der Waals surface area (Å²) in [6.07, 6.45) is 0. The second-order valence-electron chi connectivity index (χ2n) is 2.22. The van der Waals surface area contributed by atoms with Crippen LogP contribution in [0.15, 0.2) is 30.3 Å². The summed E-state index contributed by atoms with van der Waals surface area (Å²) in [7, 11) is 0. The molecule has 0 aromatic heterocycles. The first-order valence-electron chi connectivity index (χ1n) is 3.40. The van der Waals surface area contributed by atoms with Gasteiger partial charge in [0.1, 0.15) is 0 Å². The molecule has 0 aliphatic carbocycles. The maximum absolute atomic E-state index is 5.48. The van der Waals surface area contributed by atoms with E-state index < -0.39 is 0 Å². The van der Waals surface area contributed by atoms with E-state index in [1.807, 2.05) is 18.2 Å². The number of rotatable bonds is 3. The van der Waals surface area contributed by atoms with Crippen LogP contribution in [0.25, 0.3) is 0 Å². The Morgan fingerprint density at radius 2 is 2.00 bits per heavy atom. The minimum atomic E-state index is 0.319.